The third-order valence-corrected chi connectivity index (χ3v) is 4.20. The van der Waals surface area contributed by atoms with Crippen molar-refractivity contribution in [2.45, 2.75) is 13.8 Å². The molecule has 0 spiro atoms. The fourth-order valence-electron chi connectivity index (χ4n) is 1.99. The normalized spacial score (nSPS) is 11.1. The Kier molecular flexibility index (Phi) is 7.55. The zero-order valence-electron chi connectivity index (χ0n) is 15.5. The minimum absolute atomic E-state index is 0.325. The molecule has 0 fully saturated rings. The van der Waals surface area contributed by atoms with Crippen LogP contribution in [0.25, 0.3) is 0 Å². The lowest BCUT2D eigenvalue weighted by Gasteiger charge is -2.10. The predicted octanol–water partition coefficient (Wildman–Crippen LogP) is 3.01. The number of nitrogens with one attached hydrogen (secondary N) is 1. The number of rotatable bonds is 9. The Hall–Kier alpha value is -2.45. The number of hydrogen-bond donors (Lipinski definition) is 1. The summed E-state index contributed by atoms with van der Waals surface area (Å²) in [6.45, 7) is 5.43. The summed E-state index contributed by atoms with van der Waals surface area (Å²) >= 11 is 1.36. The van der Waals surface area contributed by atoms with E-state index in [1.165, 1.54) is 11.3 Å². The van der Waals surface area contributed by atoms with Gasteiger partial charge >= 0.3 is 5.97 Å². The van der Waals surface area contributed by atoms with Crippen molar-refractivity contribution in [2.24, 2.45) is 5.10 Å². The number of ether oxygens (including phenoxy) is 2. The lowest BCUT2D eigenvalue weighted by Crippen LogP contribution is -2.19. The van der Waals surface area contributed by atoms with Crippen LogP contribution in [0.4, 0.5) is 5.13 Å². The molecular formula is C18H24N4O3S. The van der Waals surface area contributed by atoms with Crippen LogP contribution in [0.3, 0.4) is 0 Å². The quantitative estimate of drug-likeness (QED) is 0.412. The maximum absolute atomic E-state index is 11.8. The highest BCUT2D eigenvalue weighted by molar-refractivity contribution is 7.15. The second-order valence-corrected chi connectivity index (χ2v) is 6.94. The van der Waals surface area contributed by atoms with Crippen LogP contribution in [0.15, 0.2) is 29.4 Å². The van der Waals surface area contributed by atoms with E-state index in [2.05, 4.69) is 20.4 Å². The highest BCUT2D eigenvalue weighted by Crippen LogP contribution is 2.22. The summed E-state index contributed by atoms with van der Waals surface area (Å²) in [6.07, 6.45) is 1.68. The molecule has 2 aromatic rings. The Bertz CT molecular complexity index is 741. The minimum Gasteiger partial charge on any atom is -0.492 e. The van der Waals surface area contributed by atoms with Gasteiger partial charge in [-0.05, 0) is 57.8 Å². The number of thiazole rings is 1. The molecule has 0 aliphatic heterocycles. The maximum atomic E-state index is 11.8. The standard InChI is InChI=1S/C18H24N4O3S/c1-5-24-17(23)16-13(2)26-18(20-16)21-19-12-14-6-8-15(9-7-14)25-11-10-22(3)4/h6-9,12H,5,10-11H2,1-4H3,(H,20,21). The number of aryl methyl sites for hydroxylation is 1. The molecule has 1 N–H and O–H groups in total. The lowest BCUT2D eigenvalue weighted by atomic mass is 10.2. The Morgan fingerprint density at radius 2 is 2.08 bits per heavy atom. The van der Waals surface area contributed by atoms with Crippen LogP contribution in [0.5, 0.6) is 5.75 Å². The summed E-state index contributed by atoms with van der Waals surface area (Å²) in [6, 6.07) is 7.66. The first-order valence-corrected chi connectivity index (χ1v) is 9.12. The van der Waals surface area contributed by atoms with E-state index in [4.69, 9.17) is 9.47 Å². The van der Waals surface area contributed by atoms with Crippen molar-refractivity contribution >= 4 is 28.7 Å². The monoisotopic (exact) mass is 376 g/mol. The molecule has 140 valence electrons. The predicted molar refractivity (Wildman–Crippen MR) is 105 cm³/mol. The highest BCUT2D eigenvalue weighted by atomic mass is 32.1. The van der Waals surface area contributed by atoms with Gasteiger partial charge in [0, 0.05) is 11.4 Å². The smallest absolute Gasteiger partial charge is 0.358 e. The highest BCUT2D eigenvalue weighted by Gasteiger charge is 2.16. The van der Waals surface area contributed by atoms with Crippen LogP contribution in [0, 0.1) is 6.92 Å². The van der Waals surface area contributed by atoms with E-state index in [0.717, 1.165) is 22.7 Å². The van der Waals surface area contributed by atoms with Gasteiger partial charge in [-0.15, -0.1) is 0 Å². The molecule has 7 nitrogen and oxygen atoms in total. The van der Waals surface area contributed by atoms with Crippen LogP contribution >= 0.6 is 11.3 Å². The fraction of sp³-hybridized carbons (Fsp3) is 0.389. The van der Waals surface area contributed by atoms with Crippen LogP contribution in [0.1, 0.15) is 27.9 Å². The number of nitrogens with zero attached hydrogens (tertiary/aromatic N) is 3. The van der Waals surface area contributed by atoms with E-state index in [9.17, 15) is 4.79 Å². The summed E-state index contributed by atoms with van der Waals surface area (Å²) in [7, 11) is 4.02. The molecule has 1 aromatic carbocycles. The molecule has 0 atom stereocenters. The van der Waals surface area contributed by atoms with Crippen LogP contribution < -0.4 is 10.2 Å². The van der Waals surface area contributed by atoms with Crippen LogP contribution in [-0.4, -0.2) is 55.9 Å². The summed E-state index contributed by atoms with van der Waals surface area (Å²) < 4.78 is 10.6. The Labute approximate surface area is 157 Å². The molecular weight excluding hydrogens is 352 g/mol. The molecule has 1 aromatic heterocycles. The van der Waals surface area contributed by atoms with Crippen LogP contribution in [0.2, 0.25) is 0 Å². The third-order valence-electron chi connectivity index (χ3n) is 3.33. The van der Waals surface area contributed by atoms with E-state index < -0.39 is 5.97 Å². The van der Waals surface area contributed by atoms with E-state index in [0.29, 0.717) is 24.0 Å². The van der Waals surface area contributed by atoms with Crippen molar-refractivity contribution in [1.29, 1.82) is 0 Å². The number of likely N-dealkylation sites (N-methyl/N-ethyl adjacent to an activating group) is 1. The van der Waals surface area contributed by atoms with E-state index >= 15 is 0 Å². The molecule has 0 radical (unpaired) electrons. The van der Waals surface area contributed by atoms with E-state index in [1.54, 1.807) is 13.1 Å². The second-order valence-electron chi connectivity index (χ2n) is 5.74. The zero-order chi connectivity index (χ0) is 18.9. The molecule has 8 heteroatoms. The number of anilines is 1. The van der Waals surface area contributed by atoms with Crippen molar-refractivity contribution < 1.29 is 14.3 Å². The van der Waals surface area contributed by atoms with Gasteiger partial charge in [-0.3, -0.25) is 5.43 Å². The summed E-state index contributed by atoms with van der Waals surface area (Å²) in [5, 5.41) is 4.71. The number of carbonyl (C=O) groups excluding carboxylic acids is 1. The molecule has 0 unspecified atom stereocenters. The number of hydrazone groups is 1. The average Bonchev–Trinajstić information content (AvgIpc) is 2.97. The first-order valence-electron chi connectivity index (χ1n) is 8.30. The fourth-order valence-corrected chi connectivity index (χ4v) is 2.74. The molecule has 1 heterocycles. The van der Waals surface area contributed by atoms with Gasteiger partial charge in [0.2, 0.25) is 5.13 Å². The molecule has 26 heavy (non-hydrogen) atoms. The largest absolute Gasteiger partial charge is 0.492 e. The Morgan fingerprint density at radius 3 is 2.73 bits per heavy atom. The third kappa shape index (κ3) is 6.12. The number of hydrogen-bond acceptors (Lipinski definition) is 8. The molecule has 0 aliphatic carbocycles. The molecule has 0 aliphatic rings. The second kappa shape index (κ2) is 9.88. The minimum atomic E-state index is -0.414. The van der Waals surface area contributed by atoms with Crippen molar-refractivity contribution in [2.75, 3.05) is 39.3 Å². The summed E-state index contributed by atoms with van der Waals surface area (Å²) in [5.74, 6) is 0.412. The van der Waals surface area contributed by atoms with Crippen molar-refractivity contribution in [1.82, 2.24) is 9.88 Å². The topological polar surface area (TPSA) is 76.0 Å². The van der Waals surface area contributed by atoms with Gasteiger partial charge in [-0.2, -0.15) is 5.10 Å². The average molecular weight is 376 g/mol. The molecule has 2 rings (SSSR count). The van der Waals surface area contributed by atoms with Crippen molar-refractivity contribution in [3.63, 3.8) is 0 Å². The van der Waals surface area contributed by atoms with Gasteiger partial charge in [0.25, 0.3) is 0 Å². The van der Waals surface area contributed by atoms with Crippen LogP contribution in [-0.2, 0) is 4.74 Å². The molecule has 0 saturated heterocycles. The lowest BCUT2D eigenvalue weighted by molar-refractivity contribution is 0.0519. The van der Waals surface area contributed by atoms with Gasteiger partial charge in [-0.25, -0.2) is 9.78 Å². The van der Waals surface area contributed by atoms with Crippen molar-refractivity contribution in [3.8, 4) is 5.75 Å². The van der Waals surface area contributed by atoms with E-state index in [-0.39, 0.29) is 0 Å². The van der Waals surface area contributed by atoms with Gasteiger partial charge < -0.3 is 14.4 Å². The first-order chi connectivity index (χ1) is 12.5. The Morgan fingerprint density at radius 1 is 1.35 bits per heavy atom. The molecule has 0 amide bonds. The number of aromatic nitrogens is 1. The first kappa shape index (κ1) is 19.9. The summed E-state index contributed by atoms with van der Waals surface area (Å²) in [4.78, 5) is 18.8. The Balaban J connectivity index is 1.88. The van der Waals surface area contributed by atoms with Gasteiger partial charge in [-0.1, -0.05) is 11.3 Å². The van der Waals surface area contributed by atoms with Gasteiger partial charge in [0.05, 0.1) is 12.8 Å². The SMILES string of the molecule is CCOC(=O)c1nc(NN=Cc2ccc(OCCN(C)C)cc2)sc1C. The number of esters is 1. The molecule has 0 saturated carbocycles. The van der Waals surface area contributed by atoms with E-state index in [1.807, 2.05) is 45.3 Å². The zero-order valence-corrected chi connectivity index (χ0v) is 16.3. The number of carbonyl (C=O) groups is 1. The number of benzene rings is 1. The molecule has 0 bridgehead atoms. The van der Waals surface area contributed by atoms with Crippen molar-refractivity contribution in [3.05, 3.63) is 40.4 Å². The van der Waals surface area contributed by atoms with Gasteiger partial charge in [0.1, 0.15) is 12.4 Å². The summed E-state index contributed by atoms with van der Waals surface area (Å²) in [5.41, 5.74) is 4.10. The maximum Gasteiger partial charge on any atom is 0.358 e. The van der Waals surface area contributed by atoms with Gasteiger partial charge in [0.15, 0.2) is 5.69 Å².